The first-order chi connectivity index (χ1) is 20.5. The van der Waals surface area contributed by atoms with Crippen LogP contribution in [0.4, 0.5) is 18.0 Å². The molecule has 0 radical (unpaired) electrons. The molecule has 10 nitrogen and oxygen atoms in total. The molecule has 3 heterocycles. The molecule has 13 heteroatoms. The summed E-state index contributed by atoms with van der Waals surface area (Å²) in [4.78, 5) is 43.0. The van der Waals surface area contributed by atoms with Crippen molar-refractivity contribution in [3.8, 4) is 0 Å². The fraction of sp³-hybridized carbons (Fsp3) is 0.500. The number of carbonyl (C=O) groups is 3. The van der Waals surface area contributed by atoms with Gasteiger partial charge < -0.3 is 20.1 Å². The molecule has 1 unspecified atom stereocenters. The number of fused-ring (bicyclic) bond motifs is 1. The summed E-state index contributed by atoms with van der Waals surface area (Å²) in [5.74, 6) is -1.43. The van der Waals surface area contributed by atoms with Crippen LogP contribution in [0.3, 0.4) is 0 Å². The van der Waals surface area contributed by atoms with E-state index in [4.69, 9.17) is 9.47 Å². The number of carbonyl (C=O) groups excluding carboxylic acids is 3. The molecule has 2 aliphatic rings. The Kier molecular flexibility index (Phi) is 8.61. The second-order valence-electron chi connectivity index (χ2n) is 11.5. The predicted octanol–water partition coefficient (Wildman–Crippen LogP) is 4.68. The molecule has 43 heavy (non-hydrogen) atoms. The zero-order chi connectivity index (χ0) is 30.8. The Bertz CT molecular complexity index is 1470. The van der Waals surface area contributed by atoms with E-state index >= 15 is 0 Å². The molecule has 1 aliphatic carbocycles. The van der Waals surface area contributed by atoms with Gasteiger partial charge in [-0.3, -0.25) is 9.59 Å². The fourth-order valence-corrected chi connectivity index (χ4v) is 6.02. The molecule has 2 N–H and O–H groups in total. The second-order valence-corrected chi connectivity index (χ2v) is 11.5. The lowest BCUT2D eigenvalue weighted by molar-refractivity contribution is -0.160. The third kappa shape index (κ3) is 6.60. The first-order valence-corrected chi connectivity index (χ1v) is 14.3. The third-order valence-corrected chi connectivity index (χ3v) is 8.48. The van der Waals surface area contributed by atoms with Crippen molar-refractivity contribution >= 4 is 23.6 Å². The molecule has 3 aromatic rings. The Morgan fingerprint density at radius 3 is 2.51 bits per heavy atom. The van der Waals surface area contributed by atoms with E-state index in [0.717, 1.165) is 38.4 Å². The number of hydrogen-bond acceptors (Lipinski definition) is 7. The summed E-state index contributed by atoms with van der Waals surface area (Å²) in [6, 6.07) is 9.82. The van der Waals surface area contributed by atoms with Crippen molar-refractivity contribution in [2.75, 3.05) is 7.11 Å². The maximum absolute atomic E-state index is 13.4. The van der Waals surface area contributed by atoms with Crippen LogP contribution in [0.15, 0.2) is 48.7 Å². The number of ether oxygens (including phenoxy) is 2. The van der Waals surface area contributed by atoms with Gasteiger partial charge in [-0.05, 0) is 42.4 Å². The third-order valence-electron chi connectivity index (χ3n) is 8.48. The van der Waals surface area contributed by atoms with Crippen LogP contribution in [0.2, 0.25) is 0 Å². The number of alkyl halides is 3. The van der Waals surface area contributed by atoms with E-state index in [1.54, 1.807) is 12.3 Å². The van der Waals surface area contributed by atoms with Gasteiger partial charge in [0.15, 0.2) is 11.1 Å². The van der Waals surface area contributed by atoms with Gasteiger partial charge in [0.1, 0.15) is 12.6 Å². The number of methoxy groups -OCH3 is 1. The highest BCUT2D eigenvalue weighted by molar-refractivity contribution is 6.04. The number of aromatic nitrogens is 3. The van der Waals surface area contributed by atoms with Gasteiger partial charge in [0.2, 0.25) is 5.91 Å². The van der Waals surface area contributed by atoms with Crippen molar-refractivity contribution < 1.29 is 37.0 Å². The minimum Gasteiger partial charge on any atom is -0.468 e. The van der Waals surface area contributed by atoms with Gasteiger partial charge >= 0.3 is 18.2 Å². The van der Waals surface area contributed by atoms with Crippen molar-refractivity contribution in [2.45, 2.75) is 70.3 Å². The highest BCUT2D eigenvalue weighted by atomic mass is 19.4. The van der Waals surface area contributed by atoms with Gasteiger partial charge in [0.05, 0.1) is 30.7 Å². The molecule has 2 fully saturated rings. The van der Waals surface area contributed by atoms with E-state index in [0.29, 0.717) is 17.3 Å². The first-order valence-electron chi connectivity index (χ1n) is 14.3. The van der Waals surface area contributed by atoms with Crippen molar-refractivity contribution in [1.29, 1.82) is 0 Å². The van der Waals surface area contributed by atoms with Gasteiger partial charge in [-0.25, -0.2) is 14.3 Å². The number of alkyl carbamates (subject to hydrolysis) is 1. The Morgan fingerprint density at radius 1 is 1.14 bits per heavy atom. The smallest absolute Gasteiger partial charge is 0.408 e. The van der Waals surface area contributed by atoms with Crippen molar-refractivity contribution in [3.05, 3.63) is 65.6 Å². The lowest BCUT2D eigenvalue weighted by Crippen LogP contribution is -2.42. The monoisotopic (exact) mass is 601 g/mol. The summed E-state index contributed by atoms with van der Waals surface area (Å²) in [7, 11) is 1.03. The fourth-order valence-electron chi connectivity index (χ4n) is 6.02. The minimum absolute atomic E-state index is 0.105. The van der Waals surface area contributed by atoms with Crippen LogP contribution in [-0.2, 0) is 32.1 Å². The van der Waals surface area contributed by atoms with Crippen LogP contribution in [-0.4, -0.2) is 51.9 Å². The maximum Gasteiger partial charge on any atom is 0.408 e. The van der Waals surface area contributed by atoms with Gasteiger partial charge in [-0.1, -0.05) is 50.1 Å². The Labute approximate surface area is 246 Å². The molecule has 0 bridgehead atoms. The molecule has 2 amide bonds. The maximum atomic E-state index is 13.4. The van der Waals surface area contributed by atoms with Crippen molar-refractivity contribution in [3.63, 3.8) is 0 Å². The van der Waals surface area contributed by atoms with Crippen LogP contribution in [0.5, 0.6) is 0 Å². The number of halogens is 3. The van der Waals surface area contributed by atoms with E-state index in [1.165, 1.54) is 10.6 Å². The summed E-state index contributed by atoms with van der Waals surface area (Å²) >= 11 is 0. The number of esters is 1. The quantitative estimate of drug-likeness (QED) is 0.284. The second kappa shape index (κ2) is 12.2. The largest absolute Gasteiger partial charge is 0.468 e. The Hall–Kier alpha value is -4.16. The molecular weight excluding hydrogens is 567 g/mol. The molecule has 0 spiro atoms. The molecule has 5 rings (SSSR count). The molecule has 1 aliphatic heterocycles. The summed E-state index contributed by atoms with van der Waals surface area (Å²) in [6.07, 6.45) is -1.06. The Balaban J connectivity index is 1.39. The molecule has 2 aromatic heterocycles. The highest BCUT2D eigenvalue weighted by Gasteiger charge is 2.60. The average Bonchev–Trinajstić information content (AvgIpc) is 3.56. The summed E-state index contributed by atoms with van der Waals surface area (Å²) in [6.45, 7) is 2.31. The first kappa shape index (κ1) is 30.3. The molecule has 230 valence electrons. The molecule has 1 saturated heterocycles. The van der Waals surface area contributed by atoms with Crippen LogP contribution in [0.1, 0.15) is 62.0 Å². The summed E-state index contributed by atoms with van der Waals surface area (Å²) < 4.78 is 52.0. The number of amides is 2. The average molecular weight is 602 g/mol. The number of nitrogens with zero attached hydrogens (tertiary/aromatic N) is 3. The summed E-state index contributed by atoms with van der Waals surface area (Å²) in [5, 5.41) is 9.36. The zero-order valence-electron chi connectivity index (χ0n) is 23.9. The molecular formula is C30H34F3N5O5. The minimum atomic E-state index is -4.72. The van der Waals surface area contributed by atoms with Gasteiger partial charge in [0, 0.05) is 12.8 Å². The zero-order valence-corrected chi connectivity index (χ0v) is 23.9. The highest BCUT2D eigenvalue weighted by Crippen LogP contribution is 2.41. The van der Waals surface area contributed by atoms with Crippen molar-refractivity contribution in [2.24, 2.45) is 17.3 Å². The van der Waals surface area contributed by atoms with Crippen LogP contribution in [0.25, 0.3) is 5.65 Å². The van der Waals surface area contributed by atoms with E-state index in [2.05, 4.69) is 22.3 Å². The number of nitrogens with one attached hydrogen (secondary N) is 2. The van der Waals surface area contributed by atoms with Gasteiger partial charge in [0.25, 0.3) is 0 Å². The van der Waals surface area contributed by atoms with Crippen LogP contribution in [0, 0.1) is 17.3 Å². The normalized spacial score (nSPS) is 24.8. The molecule has 1 saturated carbocycles. The number of imidazole rings is 1. The lowest BCUT2D eigenvalue weighted by atomic mass is 9.78. The number of hydrogen-bond donors (Lipinski definition) is 2. The van der Waals surface area contributed by atoms with Crippen molar-refractivity contribution in [1.82, 2.24) is 25.2 Å². The van der Waals surface area contributed by atoms with Crippen LogP contribution >= 0.6 is 0 Å². The molecule has 3 atom stereocenters. The lowest BCUT2D eigenvalue weighted by Gasteiger charge is -2.32. The van der Waals surface area contributed by atoms with Gasteiger partial charge in [-0.15, -0.1) is 0 Å². The predicted molar refractivity (Wildman–Crippen MR) is 147 cm³/mol. The van der Waals surface area contributed by atoms with Gasteiger partial charge in [-0.2, -0.15) is 18.3 Å². The van der Waals surface area contributed by atoms with E-state index in [1.807, 2.05) is 35.6 Å². The topological polar surface area (TPSA) is 124 Å². The molecule has 1 aromatic carbocycles. The number of rotatable bonds is 8. The summed E-state index contributed by atoms with van der Waals surface area (Å²) in [5.41, 5.74) is -0.0296. The Morgan fingerprint density at radius 2 is 1.86 bits per heavy atom. The van der Waals surface area contributed by atoms with E-state index < -0.39 is 54.5 Å². The van der Waals surface area contributed by atoms with E-state index in [9.17, 15) is 27.6 Å². The number of benzene rings is 1. The van der Waals surface area contributed by atoms with E-state index in [-0.39, 0.29) is 18.2 Å². The van der Waals surface area contributed by atoms with Crippen LogP contribution < -0.4 is 10.6 Å². The SMILES string of the molecule is COC(=O)C1(Cc2ccc3nc([C@@H](NC(=O)OCc4ccccc4)C4CCC(C)CC4)cn3n2)C[C@@H](C(F)(F)F)NC1=O. The standard InChI is InChI=1S/C30H34F3N5O5/c1-18-8-10-20(11-9-18)25(36-28(41)43-17-19-6-4-3-5-7-19)22-16-38-24(34-22)13-12-21(37-38)14-29(27(40)42-2)15-23(30(31,32)33)35-26(29)39/h3-7,12-13,16,18,20,23,25H,8-11,14-15,17H2,1-2H3,(H,35,39)(H,36,41)/t18?,20?,23-,25-,29?/m0/s1.